The molecule has 1 unspecified atom stereocenters. The molecule has 3 N–H and O–H groups in total. The molecule has 2 saturated carbocycles. The van der Waals surface area contributed by atoms with Gasteiger partial charge in [0.1, 0.15) is 6.10 Å². The van der Waals surface area contributed by atoms with Crippen LogP contribution in [0.5, 0.6) is 0 Å². The number of alkyl carbamates (subject to hydrolysis) is 1. The fourth-order valence-electron chi connectivity index (χ4n) is 5.15. The average Bonchev–Trinajstić information content (AvgIpc) is 3.40. The van der Waals surface area contributed by atoms with E-state index >= 15 is 0 Å². The number of nitrogens with one attached hydrogen (secondary N) is 3. The van der Waals surface area contributed by atoms with Crippen LogP contribution in [0.2, 0.25) is 0 Å². The Morgan fingerprint density at radius 1 is 1.28 bits per heavy atom. The lowest BCUT2D eigenvalue weighted by atomic mass is 10.0. The SMILES string of the molecule is Cn1nc(COC2CCOC2)c2cncc(Nc3cc([C@H]4CC[C@@H](OC(=O)NC5(C)CC5)C4)[nH]n3)c21. The Labute approximate surface area is 209 Å². The molecule has 3 aliphatic rings. The van der Waals surface area contributed by atoms with Gasteiger partial charge in [0.05, 0.1) is 42.4 Å². The first-order valence-corrected chi connectivity index (χ1v) is 12.8. The summed E-state index contributed by atoms with van der Waals surface area (Å²) in [6, 6.07) is 2.03. The highest BCUT2D eigenvalue weighted by molar-refractivity contribution is 5.93. The lowest BCUT2D eigenvalue weighted by molar-refractivity contribution is 0.0304. The van der Waals surface area contributed by atoms with Crippen molar-refractivity contribution in [3.8, 4) is 0 Å². The number of ether oxygens (including phenoxy) is 3. The molecular weight excluding hydrogens is 462 g/mol. The van der Waals surface area contributed by atoms with Crippen molar-refractivity contribution in [2.45, 2.75) is 75.7 Å². The number of hydrogen-bond acceptors (Lipinski definition) is 8. The van der Waals surface area contributed by atoms with Crippen LogP contribution >= 0.6 is 0 Å². The zero-order valence-corrected chi connectivity index (χ0v) is 20.7. The molecule has 0 radical (unpaired) electrons. The van der Waals surface area contributed by atoms with Gasteiger partial charge in [0.2, 0.25) is 0 Å². The smallest absolute Gasteiger partial charge is 0.407 e. The Hall–Kier alpha value is -3.18. The highest BCUT2D eigenvalue weighted by atomic mass is 16.6. The van der Waals surface area contributed by atoms with Crippen LogP contribution in [0.25, 0.3) is 10.9 Å². The first-order chi connectivity index (χ1) is 17.5. The monoisotopic (exact) mass is 495 g/mol. The summed E-state index contributed by atoms with van der Waals surface area (Å²) < 4.78 is 18.9. The molecule has 4 heterocycles. The Balaban J connectivity index is 1.10. The van der Waals surface area contributed by atoms with Crippen LogP contribution in [0.4, 0.5) is 16.3 Å². The molecule has 3 aromatic heterocycles. The molecule has 3 fully saturated rings. The largest absolute Gasteiger partial charge is 0.446 e. The number of hydrogen-bond donors (Lipinski definition) is 3. The molecule has 0 aromatic carbocycles. The highest BCUT2D eigenvalue weighted by Gasteiger charge is 2.40. The zero-order chi connectivity index (χ0) is 24.7. The number of anilines is 2. The first-order valence-electron chi connectivity index (χ1n) is 12.8. The van der Waals surface area contributed by atoms with Crippen molar-refractivity contribution in [3.63, 3.8) is 0 Å². The molecular formula is C25H33N7O4. The summed E-state index contributed by atoms with van der Waals surface area (Å²) in [5, 5.41) is 19.6. The average molecular weight is 496 g/mol. The minimum atomic E-state index is -0.300. The standard InChI is InChI=1S/C25H33N7O4/c1-25(6-7-25)28-24(33)36-16-4-3-15(9-16)19-10-22(30-29-19)27-20-12-26-11-18-21(31-32(2)23(18)20)14-35-17-5-8-34-13-17/h10-12,15-17H,3-9,13-14H2,1-2H3,(H,28,33)(H2,27,29,30)/t15-,16+,17?/m0/s1. The minimum Gasteiger partial charge on any atom is -0.446 e. The molecule has 1 aliphatic heterocycles. The second-order valence-corrected chi connectivity index (χ2v) is 10.5. The second kappa shape index (κ2) is 9.36. The summed E-state index contributed by atoms with van der Waals surface area (Å²) in [6.45, 7) is 3.86. The fourth-order valence-corrected chi connectivity index (χ4v) is 5.15. The normalized spacial score (nSPS) is 24.8. The van der Waals surface area contributed by atoms with Crippen LogP contribution in [0.15, 0.2) is 18.5 Å². The number of pyridine rings is 1. The van der Waals surface area contributed by atoms with Crippen LogP contribution in [0.1, 0.15) is 62.8 Å². The Morgan fingerprint density at radius 2 is 2.17 bits per heavy atom. The van der Waals surface area contributed by atoms with Gasteiger partial charge in [0, 0.05) is 48.5 Å². The van der Waals surface area contributed by atoms with Gasteiger partial charge < -0.3 is 24.8 Å². The number of rotatable bonds is 8. The fraction of sp³-hybridized carbons (Fsp3) is 0.600. The quantitative estimate of drug-likeness (QED) is 0.432. The topological polar surface area (TPSA) is 128 Å². The molecule has 0 spiro atoms. The lowest BCUT2D eigenvalue weighted by Crippen LogP contribution is -2.36. The van der Waals surface area contributed by atoms with E-state index in [4.69, 9.17) is 14.2 Å². The third-order valence-corrected chi connectivity index (χ3v) is 7.53. The number of fused-ring (bicyclic) bond motifs is 1. The Morgan fingerprint density at radius 3 is 2.97 bits per heavy atom. The Bertz CT molecular complexity index is 1240. The van der Waals surface area contributed by atoms with E-state index in [9.17, 15) is 4.79 Å². The van der Waals surface area contributed by atoms with Crippen LogP contribution in [0.3, 0.4) is 0 Å². The van der Waals surface area contributed by atoms with Crippen molar-refractivity contribution in [1.82, 2.24) is 30.3 Å². The van der Waals surface area contributed by atoms with Gasteiger partial charge in [-0.05, 0) is 45.4 Å². The maximum Gasteiger partial charge on any atom is 0.407 e. The van der Waals surface area contributed by atoms with Crippen LogP contribution < -0.4 is 10.6 Å². The molecule has 11 heteroatoms. The molecule has 36 heavy (non-hydrogen) atoms. The van der Waals surface area contributed by atoms with Crippen molar-refractivity contribution in [2.24, 2.45) is 7.05 Å². The molecule has 3 atom stereocenters. The summed E-state index contributed by atoms with van der Waals surface area (Å²) in [6.07, 6.45) is 8.91. The number of carbonyl (C=O) groups excluding carboxylic acids is 1. The van der Waals surface area contributed by atoms with E-state index in [2.05, 4.69) is 30.9 Å². The van der Waals surface area contributed by atoms with E-state index in [1.54, 1.807) is 6.20 Å². The summed E-state index contributed by atoms with van der Waals surface area (Å²) in [7, 11) is 1.92. The number of aromatic amines is 1. The van der Waals surface area contributed by atoms with Crippen molar-refractivity contribution in [3.05, 3.63) is 29.8 Å². The van der Waals surface area contributed by atoms with E-state index in [1.165, 1.54) is 0 Å². The third-order valence-electron chi connectivity index (χ3n) is 7.53. The van der Waals surface area contributed by atoms with Gasteiger partial charge in [-0.2, -0.15) is 10.2 Å². The van der Waals surface area contributed by atoms with Crippen molar-refractivity contribution < 1.29 is 19.0 Å². The molecule has 2 aliphatic carbocycles. The molecule has 11 nitrogen and oxygen atoms in total. The van der Waals surface area contributed by atoms with Gasteiger partial charge in [-0.1, -0.05) is 0 Å². The molecule has 1 amide bonds. The van der Waals surface area contributed by atoms with Crippen LogP contribution in [-0.4, -0.2) is 62.0 Å². The van der Waals surface area contributed by atoms with Gasteiger partial charge >= 0.3 is 6.09 Å². The van der Waals surface area contributed by atoms with Crippen molar-refractivity contribution >= 4 is 28.5 Å². The molecule has 0 bridgehead atoms. The predicted octanol–water partition coefficient (Wildman–Crippen LogP) is 3.66. The van der Waals surface area contributed by atoms with Crippen molar-refractivity contribution in [1.29, 1.82) is 0 Å². The van der Waals surface area contributed by atoms with E-state index in [-0.39, 0.29) is 29.8 Å². The Kier molecular flexibility index (Phi) is 6.04. The van der Waals surface area contributed by atoms with E-state index in [1.807, 2.05) is 30.9 Å². The maximum absolute atomic E-state index is 12.2. The number of nitrogens with zero attached hydrogens (tertiary/aromatic N) is 4. The summed E-state index contributed by atoms with van der Waals surface area (Å²) in [4.78, 5) is 16.6. The molecule has 3 aromatic rings. The second-order valence-electron chi connectivity index (χ2n) is 10.5. The van der Waals surface area contributed by atoms with Gasteiger partial charge in [-0.25, -0.2) is 4.79 Å². The first kappa shape index (κ1) is 23.2. The summed E-state index contributed by atoms with van der Waals surface area (Å²) in [5.41, 5.74) is 3.60. The molecule has 192 valence electrons. The number of aryl methyl sites for hydroxylation is 1. The number of aromatic nitrogens is 5. The highest BCUT2D eigenvalue weighted by Crippen LogP contribution is 2.38. The van der Waals surface area contributed by atoms with E-state index in [0.717, 1.165) is 73.1 Å². The summed E-state index contributed by atoms with van der Waals surface area (Å²) >= 11 is 0. The molecule has 6 rings (SSSR count). The minimum absolute atomic E-state index is 0.0661. The number of H-pyrrole nitrogens is 1. The van der Waals surface area contributed by atoms with Crippen LogP contribution in [0, 0.1) is 0 Å². The van der Waals surface area contributed by atoms with Gasteiger partial charge in [0.15, 0.2) is 5.82 Å². The van der Waals surface area contributed by atoms with Gasteiger partial charge in [-0.3, -0.25) is 14.8 Å². The van der Waals surface area contributed by atoms with Gasteiger partial charge in [-0.15, -0.1) is 0 Å². The number of carbonyl (C=O) groups is 1. The van der Waals surface area contributed by atoms with E-state index < -0.39 is 0 Å². The maximum atomic E-state index is 12.2. The van der Waals surface area contributed by atoms with E-state index in [0.29, 0.717) is 19.0 Å². The van der Waals surface area contributed by atoms with Crippen molar-refractivity contribution in [2.75, 3.05) is 18.5 Å². The predicted molar refractivity (Wildman–Crippen MR) is 132 cm³/mol. The summed E-state index contributed by atoms with van der Waals surface area (Å²) in [5.74, 6) is 0.987. The molecule has 1 saturated heterocycles. The lowest BCUT2D eigenvalue weighted by Gasteiger charge is -2.16. The third kappa shape index (κ3) is 4.90. The van der Waals surface area contributed by atoms with Crippen LogP contribution in [-0.2, 0) is 27.9 Å². The zero-order valence-electron chi connectivity index (χ0n) is 20.7. The number of amides is 1. The van der Waals surface area contributed by atoms with Gasteiger partial charge in [0.25, 0.3) is 0 Å².